The Morgan fingerprint density at radius 2 is 1.84 bits per heavy atom. The number of carbonyl (C=O) groups is 1. The molecule has 3 aromatic rings. The molecule has 1 aromatic heterocycles. The predicted molar refractivity (Wildman–Crippen MR) is 99.7 cm³/mol. The fraction of sp³-hybridized carbons (Fsp3) is 0.211. The van der Waals surface area contributed by atoms with Crippen molar-refractivity contribution in [1.29, 1.82) is 0 Å². The van der Waals surface area contributed by atoms with Crippen LogP contribution in [0.25, 0.3) is 11.4 Å². The summed E-state index contributed by atoms with van der Waals surface area (Å²) in [5.41, 5.74) is 5.19. The van der Waals surface area contributed by atoms with Gasteiger partial charge in [-0.25, -0.2) is 0 Å². The van der Waals surface area contributed by atoms with Crippen molar-refractivity contribution >= 4 is 23.4 Å². The smallest absolute Gasteiger partial charge is 0.286 e. The van der Waals surface area contributed by atoms with Crippen molar-refractivity contribution in [3.05, 3.63) is 59.2 Å². The standard InChI is InChI=1S/C19H19N3O2S/c1-12-4-7-15(8-5-12)18-21-19(24-22-18)25-11-17(23)20-16-9-6-13(2)14(3)10-16/h4-10H,11H2,1-3H3,(H,20,23). The molecule has 0 bridgehead atoms. The van der Waals surface area contributed by atoms with Gasteiger partial charge in [0.15, 0.2) is 0 Å². The van der Waals surface area contributed by atoms with Crippen LogP contribution in [0.1, 0.15) is 16.7 Å². The van der Waals surface area contributed by atoms with Gasteiger partial charge in [0.05, 0.1) is 5.75 Å². The summed E-state index contributed by atoms with van der Waals surface area (Å²) in [6.07, 6.45) is 0. The molecule has 0 fully saturated rings. The highest BCUT2D eigenvalue weighted by molar-refractivity contribution is 7.99. The minimum Gasteiger partial charge on any atom is -0.327 e. The van der Waals surface area contributed by atoms with Gasteiger partial charge in [-0.15, -0.1) is 0 Å². The number of aryl methyl sites for hydroxylation is 3. The lowest BCUT2D eigenvalue weighted by molar-refractivity contribution is -0.113. The van der Waals surface area contributed by atoms with Crippen LogP contribution in [-0.2, 0) is 4.79 Å². The lowest BCUT2D eigenvalue weighted by atomic mass is 10.1. The fourth-order valence-corrected chi connectivity index (χ4v) is 2.80. The Morgan fingerprint density at radius 3 is 2.56 bits per heavy atom. The van der Waals surface area contributed by atoms with Gasteiger partial charge in [-0.05, 0) is 44.0 Å². The molecule has 128 valence electrons. The number of hydrogen-bond donors (Lipinski definition) is 1. The number of thioether (sulfide) groups is 1. The van der Waals surface area contributed by atoms with E-state index in [9.17, 15) is 4.79 Å². The van der Waals surface area contributed by atoms with Crippen molar-refractivity contribution in [2.45, 2.75) is 26.0 Å². The molecule has 6 heteroatoms. The van der Waals surface area contributed by atoms with Gasteiger partial charge in [0.25, 0.3) is 5.22 Å². The second-order valence-electron chi connectivity index (χ2n) is 5.89. The van der Waals surface area contributed by atoms with Gasteiger partial charge >= 0.3 is 0 Å². The zero-order valence-electron chi connectivity index (χ0n) is 14.4. The topological polar surface area (TPSA) is 68.0 Å². The number of nitrogens with one attached hydrogen (secondary N) is 1. The lowest BCUT2D eigenvalue weighted by Crippen LogP contribution is -2.14. The van der Waals surface area contributed by atoms with Gasteiger partial charge in [-0.2, -0.15) is 4.98 Å². The van der Waals surface area contributed by atoms with Gasteiger partial charge in [0.1, 0.15) is 0 Å². The molecule has 1 N–H and O–H groups in total. The van der Waals surface area contributed by atoms with Gasteiger partial charge in [0.2, 0.25) is 11.7 Å². The van der Waals surface area contributed by atoms with Crippen LogP contribution in [0.3, 0.4) is 0 Å². The molecule has 2 aromatic carbocycles. The van der Waals surface area contributed by atoms with Crippen molar-refractivity contribution in [3.8, 4) is 11.4 Å². The Morgan fingerprint density at radius 1 is 1.08 bits per heavy atom. The Kier molecular flexibility index (Phi) is 5.19. The quantitative estimate of drug-likeness (QED) is 0.689. The van der Waals surface area contributed by atoms with Gasteiger partial charge in [-0.1, -0.05) is 52.8 Å². The molecule has 0 atom stereocenters. The van der Waals surface area contributed by atoms with E-state index < -0.39 is 0 Å². The predicted octanol–water partition coefficient (Wildman–Crippen LogP) is 4.39. The summed E-state index contributed by atoms with van der Waals surface area (Å²) < 4.78 is 5.21. The number of aromatic nitrogens is 2. The van der Waals surface area contributed by atoms with Crippen LogP contribution in [-0.4, -0.2) is 21.8 Å². The van der Waals surface area contributed by atoms with Crippen LogP contribution < -0.4 is 5.32 Å². The first-order valence-electron chi connectivity index (χ1n) is 7.92. The van der Waals surface area contributed by atoms with E-state index in [0.29, 0.717) is 11.0 Å². The van der Waals surface area contributed by atoms with Crippen molar-refractivity contribution in [3.63, 3.8) is 0 Å². The van der Waals surface area contributed by atoms with E-state index >= 15 is 0 Å². The molecule has 0 aliphatic rings. The van der Waals surface area contributed by atoms with E-state index in [-0.39, 0.29) is 11.7 Å². The van der Waals surface area contributed by atoms with Crippen LogP contribution in [0.15, 0.2) is 52.2 Å². The third kappa shape index (κ3) is 4.48. The number of nitrogens with zero attached hydrogens (tertiary/aromatic N) is 2. The van der Waals surface area contributed by atoms with E-state index in [1.54, 1.807) is 0 Å². The van der Waals surface area contributed by atoms with Crippen LogP contribution in [0.2, 0.25) is 0 Å². The molecule has 1 amide bonds. The zero-order chi connectivity index (χ0) is 17.8. The molecule has 0 spiro atoms. The first-order valence-corrected chi connectivity index (χ1v) is 8.90. The Hall–Kier alpha value is -2.60. The molecule has 0 radical (unpaired) electrons. The van der Waals surface area contributed by atoms with Crippen molar-refractivity contribution in [2.75, 3.05) is 11.1 Å². The van der Waals surface area contributed by atoms with Crippen molar-refractivity contribution in [1.82, 2.24) is 10.1 Å². The van der Waals surface area contributed by atoms with Gasteiger partial charge in [-0.3, -0.25) is 4.79 Å². The average Bonchev–Trinajstić information content (AvgIpc) is 3.06. The van der Waals surface area contributed by atoms with Crippen LogP contribution >= 0.6 is 11.8 Å². The molecule has 0 aliphatic heterocycles. The molecule has 0 saturated carbocycles. The lowest BCUT2D eigenvalue weighted by Gasteiger charge is -2.06. The number of rotatable bonds is 5. The highest BCUT2D eigenvalue weighted by atomic mass is 32.2. The molecule has 0 aliphatic carbocycles. The Labute approximate surface area is 150 Å². The van der Waals surface area contributed by atoms with E-state index in [0.717, 1.165) is 16.8 Å². The summed E-state index contributed by atoms with van der Waals surface area (Å²) in [4.78, 5) is 16.4. The maximum Gasteiger partial charge on any atom is 0.286 e. The second kappa shape index (κ2) is 7.53. The number of hydrogen-bond acceptors (Lipinski definition) is 5. The van der Waals surface area contributed by atoms with Crippen LogP contribution in [0, 0.1) is 20.8 Å². The normalized spacial score (nSPS) is 10.7. The molecule has 0 saturated heterocycles. The monoisotopic (exact) mass is 353 g/mol. The number of benzene rings is 2. The molecule has 0 unspecified atom stereocenters. The SMILES string of the molecule is Cc1ccc(-c2noc(SCC(=O)Nc3ccc(C)c(C)c3)n2)cc1. The molecular formula is C19H19N3O2S. The maximum atomic E-state index is 12.1. The summed E-state index contributed by atoms with van der Waals surface area (Å²) in [5, 5.41) is 7.22. The van der Waals surface area contributed by atoms with Gasteiger partial charge < -0.3 is 9.84 Å². The van der Waals surface area contributed by atoms with Crippen molar-refractivity contribution in [2.24, 2.45) is 0 Å². The van der Waals surface area contributed by atoms with Crippen LogP contribution in [0.5, 0.6) is 0 Å². The first kappa shape index (κ1) is 17.2. The first-order chi connectivity index (χ1) is 12.0. The summed E-state index contributed by atoms with van der Waals surface area (Å²) in [5.74, 6) is 0.628. The highest BCUT2D eigenvalue weighted by Crippen LogP contribution is 2.22. The Balaban J connectivity index is 1.57. The van der Waals surface area contributed by atoms with Crippen LogP contribution in [0.4, 0.5) is 5.69 Å². The zero-order valence-corrected chi connectivity index (χ0v) is 15.2. The average molecular weight is 353 g/mol. The van der Waals surface area contributed by atoms with E-state index in [1.165, 1.54) is 22.9 Å². The molecule has 25 heavy (non-hydrogen) atoms. The number of amides is 1. The number of carbonyl (C=O) groups excluding carboxylic acids is 1. The minimum absolute atomic E-state index is 0.108. The fourth-order valence-electron chi connectivity index (χ4n) is 2.23. The minimum atomic E-state index is -0.108. The molecular weight excluding hydrogens is 334 g/mol. The summed E-state index contributed by atoms with van der Waals surface area (Å²) in [6.45, 7) is 6.08. The summed E-state index contributed by atoms with van der Waals surface area (Å²) >= 11 is 1.22. The summed E-state index contributed by atoms with van der Waals surface area (Å²) in [6, 6.07) is 13.7. The van der Waals surface area contributed by atoms with Gasteiger partial charge in [0, 0.05) is 11.3 Å². The molecule has 3 rings (SSSR count). The number of anilines is 1. The summed E-state index contributed by atoms with van der Waals surface area (Å²) in [7, 11) is 0. The highest BCUT2D eigenvalue weighted by Gasteiger charge is 2.11. The largest absolute Gasteiger partial charge is 0.327 e. The maximum absolute atomic E-state index is 12.1. The Bertz CT molecular complexity index is 888. The van der Waals surface area contributed by atoms with E-state index in [1.807, 2.05) is 63.2 Å². The van der Waals surface area contributed by atoms with E-state index in [4.69, 9.17) is 4.52 Å². The molecule has 5 nitrogen and oxygen atoms in total. The van der Waals surface area contributed by atoms with Crippen molar-refractivity contribution < 1.29 is 9.32 Å². The van der Waals surface area contributed by atoms with E-state index in [2.05, 4.69) is 15.5 Å². The third-order valence-corrected chi connectivity index (χ3v) is 4.65. The third-order valence-electron chi connectivity index (χ3n) is 3.83. The molecule has 1 heterocycles. The second-order valence-corrected chi connectivity index (χ2v) is 6.81.